The zero-order chi connectivity index (χ0) is 13.4. The highest BCUT2D eigenvalue weighted by atomic mass is 16.5. The summed E-state index contributed by atoms with van der Waals surface area (Å²) in [5.41, 5.74) is 2.45. The number of hydrogen-bond acceptors (Lipinski definition) is 4. The molecule has 0 aromatic carbocycles. The van der Waals surface area contributed by atoms with E-state index in [1.54, 1.807) is 0 Å². The van der Waals surface area contributed by atoms with Crippen LogP contribution in [-0.2, 0) is 4.74 Å². The van der Waals surface area contributed by atoms with Gasteiger partial charge in [0.25, 0.3) is 0 Å². The molecule has 1 aromatic rings. The highest BCUT2D eigenvalue weighted by molar-refractivity contribution is 5.56. The summed E-state index contributed by atoms with van der Waals surface area (Å²) in [6.07, 6.45) is 2.68. The first kappa shape index (κ1) is 14.2. The van der Waals surface area contributed by atoms with Crippen LogP contribution in [0.3, 0.4) is 0 Å². The molecule has 1 heterocycles. The van der Waals surface area contributed by atoms with Gasteiger partial charge in [0.15, 0.2) is 0 Å². The quantitative estimate of drug-likeness (QED) is 0.592. The Kier molecular flexibility index (Phi) is 5.89. The van der Waals surface area contributed by atoms with E-state index in [0.29, 0.717) is 31.1 Å². The van der Waals surface area contributed by atoms with Crippen LogP contribution in [0.4, 0.5) is 5.82 Å². The van der Waals surface area contributed by atoms with Crippen molar-refractivity contribution in [3.63, 3.8) is 0 Å². The molecule has 0 aliphatic rings. The predicted molar refractivity (Wildman–Crippen MR) is 72.5 cm³/mol. The first-order chi connectivity index (χ1) is 8.69. The van der Waals surface area contributed by atoms with Crippen LogP contribution in [0.25, 0.3) is 0 Å². The fourth-order valence-corrected chi connectivity index (χ4v) is 1.62. The topological polar surface area (TPSA) is 57.9 Å². The van der Waals surface area contributed by atoms with Gasteiger partial charge in [-0.2, -0.15) is 5.26 Å². The Balaban J connectivity index is 2.52. The summed E-state index contributed by atoms with van der Waals surface area (Å²) in [6.45, 7) is 9.37. The largest absolute Gasteiger partial charge is 0.379 e. The fourth-order valence-electron chi connectivity index (χ4n) is 1.62. The molecule has 1 aromatic heterocycles. The van der Waals surface area contributed by atoms with Crippen molar-refractivity contribution in [1.82, 2.24) is 4.98 Å². The van der Waals surface area contributed by atoms with E-state index in [0.717, 1.165) is 17.7 Å². The van der Waals surface area contributed by atoms with Crippen molar-refractivity contribution in [1.29, 1.82) is 5.26 Å². The third-order valence-electron chi connectivity index (χ3n) is 2.46. The summed E-state index contributed by atoms with van der Waals surface area (Å²) in [7, 11) is 0. The summed E-state index contributed by atoms with van der Waals surface area (Å²) < 4.78 is 5.39. The number of nitrogens with zero attached hydrogens (tertiary/aromatic N) is 2. The molecule has 0 aliphatic carbocycles. The number of nitriles is 1. The number of aromatic nitrogens is 1. The maximum Gasteiger partial charge on any atom is 0.144 e. The van der Waals surface area contributed by atoms with Crippen LogP contribution in [0.1, 0.15) is 23.2 Å². The molecule has 1 rings (SSSR count). The molecule has 4 nitrogen and oxygen atoms in total. The second-order valence-corrected chi connectivity index (χ2v) is 4.03. The maximum atomic E-state index is 9.09. The minimum absolute atomic E-state index is 0.591. The van der Waals surface area contributed by atoms with Gasteiger partial charge in [0.1, 0.15) is 11.9 Å². The lowest BCUT2D eigenvalue weighted by Gasteiger charge is -2.10. The molecular weight excluding hydrogens is 226 g/mol. The summed E-state index contributed by atoms with van der Waals surface area (Å²) in [6, 6.07) is 4.08. The number of pyridine rings is 1. The zero-order valence-corrected chi connectivity index (χ0v) is 11.0. The van der Waals surface area contributed by atoms with Crippen molar-refractivity contribution >= 4 is 5.82 Å². The number of ether oxygens (including phenoxy) is 1. The Hall–Kier alpha value is -1.86. The van der Waals surface area contributed by atoms with Gasteiger partial charge in [-0.05, 0) is 31.9 Å². The van der Waals surface area contributed by atoms with E-state index in [4.69, 9.17) is 10.00 Å². The highest BCUT2D eigenvalue weighted by Gasteiger charge is 2.07. The molecular formula is C14H19N3O. The van der Waals surface area contributed by atoms with E-state index in [2.05, 4.69) is 22.9 Å². The molecule has 1 N–H and O–H groups in total. The molecule has 0 amide bonds. The smallest absolute Gasteiger partial charge is 0.144 e. The van der Waals surface area contributed by atoms with E-state index in [-0.39, 0.29) is 0 Å². The number of anilines is 1. The Morgan fingerprint density at radius 2 is 2.28 bits per heavy atom. The minimum atomic E-state index is 0.591. The van der Waals surface area contributed by atoms with Gasteiger partial charge in [-0.1, -0.05) is 6.08 Å². The van der Waals surface area contributed by atoms with E-state index in [9.17, 15) is 0 Å². The number of nitrogens with one attached hydrogen (secondary N) is 1. The SMILES string of the molecule is C=CCCOCCNc1nc(C)cc(C)c1C#N. The van der Waals surface area contributed by atoms with Crippen LogP contribution in [0.5, 0.6) is 0 Å². The molecule has 0 fully saturated rings. The highest BCUT2D eigenvalue weighted by Crippen LogP contribution is 2.17. The summed E-state index contributed by atoms with van der Waals surface area (Å²) in [5, 5.41) is 12.2. The molecule has 4 heteroatoms. The molecule has 0 bridgehead atoms. The Morgan fingerprint density at radius 1 is 1.50 bits per heavy atom. The monoisotopic (exact) mass is 245 g/mol. The van der Waals surface area contributed by atoms with Gasteiger partial charge in [-0.3, -0.25) is 0 Å². The van der Waals surface area contributed by atoms with Gasteiger partial charge in [0.2, 0.25) is 0 Å². The summed E-state index contributed by atoms with van der Waals surface area (Å²) in [4.78, 5) is 4.33. The molecule has 0 spiro atoms. The number of aryl methyl sites for hydroxylation is 2. The van der Waals surface area contributed by atoms with Gasteiger partial charge in [0, 0.05) is 12.2 Å². The van der Waals surface area contributed by atoms with Gasteiger partial charge >= 0.3 is 0 Å². The lowest BCUT2D eigenvalue weighted by atomic mass is 10.1. The van der Waals surface area contributed by atoms with E-state index >= 15 is 0 Å². The molecule has 0 saturated heterocycles. The lowest BCUT2D eigenvalue weighted by molar-refractivity contribution is 0.149. The van der Waals surface area contributed by atoms with Crippen molar-refractivity contribution in [2.75, 3.05) is 25.1 Å². The lowest BCUT2D eigenvalue weighted by Crippen LogP contribution is -2.12. The first-order valence-corrected chi connectivity index (χ1v) is 6.00. The van der Waals surface area contributed by atoms with Crippen molar-refractivity contribution in [3.8, 4) is 6.07 Å². The van der Waals surface area contributed by atoms with Crippen LogP contribution >= 0.6 is 0 Å². The maximum absolute atomic E-state index is 9.09. The first-order valence-electron chi connectivity index (χ1n) is 6.00. The van der Waals surface area contributed by atoms with E-state index in [1.165, 1.54) is 0 Å². The third kappa shape index (κ3) is 4.19. The van der Waals surface area contributed by atoms with Gasteiger partial charge in [0.05, 0.1) is 18.8 Å². The van der Waals surface area contributed by atoms with Gasteiger partial charge < -0.3 is 10.1 Å². The second kappa shape index (κ2) is 7.46. The average Bonchev–Trinajstić information content (AvgIpc) is 2.33. The van der Waals surface area contributed by atoms with Gasteiger partial charge in [-0.25, -0.2) is 4.98 Å². The molecule has 0 saturated carbocycles. The zero-order valence-electron chi connectivity index (χ0n) is 11.0. The standard InChI is InChI=1S/C14H19N3O/c1-4-5-7-18-8-6-16-14-13(10-15)11(2)9-12(3)17-14/h4,9H,1,5-8H2,2-3H3,(H,16,17). The Morgan fingerprint density at radius 3 is 2.94 bits per heavy atom. The van der Waals surface area contributed by atoms with Crippen molar-refractivity contribution in [2.24, 2.45) is 0 Å². The fraction of sp³-hybridized carbons (Fsp3) is 0.429. The second-order valence-electron chi connectivity index (χ2n) is 4.03. The van der Waals surface area contributed by atoms with E-state index < -0.39 is 0 Å². The van der Waals surface area contributed by atoms with Gasteiger partial charge in [-0.15, -0.1) is 6.58 Å². The van der Waals surface area contributed by atoms with Crippen molar-refractivity contribution < 1.29 is 4.74 Å². The van der Waals surface area contributed by atoms with Crippen LogP contribution in [-0.4, -0.2) is 24.7 Å². The Labute approximate surface area is 108 Å². The average molecular weight is 245 g/mol. The van der Waals surface area contributed by atoms with Crippen LogP contribution < -0.4 is 5.32 Å². The van der Waals surface area contributed by atoms with Crippen molar-refractivity contribution in [3.05, 3.63) is 35.5 Å². The number of hydrogen-bond donors (Lipinski definition) is 1. The summed E-state index contributed by atoms with van der Waals surface area (Å²) >= 11 is 0. The van der Waals surface area contributed by atoms with Crippen LogP contribution in [0.2, 0.25) is 0 Å². The third-order valence-corrected chi connectivity index (χ3v) is 2.46. The summed E-state index contributed by atoms with van der Waals surface area (Å²) in [5.74, 6) is 0.641. The molecule has 0 radical (unpaired) electrons. The van der Waals surface area contributed by atoms with Crippen LogP contribution in [0, 0.1) is 25.2 Å². The normalized spacial score (nSPS) is 9.83. The molecule has 0 atom stereocenters. The molecule has 0 aliphatic heterocycles. The van der Waals surface area contributed by atoms with Crippen LogP contribution in [0.15, 0.2) is 18.7 Å². The van der Waals surface area contributed by atoms with Crippen molar-refractivity contribution in [2.45, 2.75) is 20.3 Å². The number of rotatable bonds is 7. The molecule has 0 unspecified atom stereocenters. The van der Waals surface area contributed by atoms with E-state index in [1.807, 2.05) is 26.0 Å². The Bertz CT molecular complexity index is 449. The molecule has 18 heavy (non-hydrogen) atoms. The minimum Gasteiger partial charge on any atom is -0.379 e. The molecule has 96 valence electrons. The predicted octanol–water partition coefficient (Wildman–Crippen LogP) is 2.57.